The lowest BCUT2D eigenvalue weighted by Crippen LogP contribution is -2.10. The quantitative estimate of drug-likeness (QED) is 0.339. The van der Waals surface area contributed by atoms with Gasteiger partial charge in [-0.1, -0.05) is 19.3 Å². The Balaban J connectivity index is 0.000000125. The molecule has 3 saturated carbocycles. The molecule has 0 radical (unpaired) electrons. The highest BCUT2D eigenvalue weighted by molar-refractivity contribution is 7.63. The zero-order valence-electron chi connectivity index (χ0n) is 18.0. The van der Waals surface area contributed by atoms with Crippen LogP contribution in [0.1, 0.15) is 57.8 Å². The van der Waals surface area contributed by atoms with E-state index in [0.717, 1.165) is 35.9 Å². The Morgan fingerprint density at radius 1 is 0.690 bits per heavy atom. The number of hydrogen-bond acceptors (Lipinski definition) is 2. The highest BCUT2D eigenvalue weighted by atomic mass is 35.5. The highest BCUT2D eigenvalue weighted by Crippen LogP contribution is 2.58. The zero-order valence-corrected chi connectivity index (χ0v) is 21.3. The van der Waals surface area contributed by atoms with Crippen LogP contribution < -0.4 is 0 Å². The molecule has 5 rings (SSSR count). The fourth-order valence-electron chi connectivity index (χ4n) is 6.58. The molecule has 2 aliphatic heterocycles. The van der Waals surface area contributed by atoms with Gasteiger partial charge in [0.15, 0.2) is 0 Å². The summed E-state index contributed by atoms with van der Waals surface area (Å²) in [6, 6.07) is 0. The van der Waals surface area contributed by atoms with E-state index in [9.17, 15) is 14.0 Å². The minimum atomic E-state index is -2.62. The molecule has 29 heavy (non-hydrogen) atoms. The van der Waals surface area contributed by atoms with Gasteiger partial charge in [-0.3, -0.25) is 4.57 Å². The Kier molecular flexibility index (Phi) is 9.13. The second-order valence-corrected chi connectivity index (χ2v) is 16.9. The van der Waals surface area contributed by atoms with Crippen molar-refractivity contribution in [3.05, 3.63) is 0 Å². The summed E-state index contributed by atoms with van der Waals surface area (Å²) in [5, 5.41) is 0. The summed E-state index contributed by atoms with van der Waals surface area (Å²) >= 11 is 11.4. The van der Waals surface area contributed by atoms with E-state index >= 15 is 0 Å². The number of rotatable bonds is 2. The first-order valence-corrected chi connectivity index (χ1v) is 17.3. The van der Waals surface area contributed by atoms with Crippen LogP contribution in [0, 0.1) is 35.5 Å². The molecule has 6 unspecified atom stereocenters. The Morgan fingerprint density at radius 3 is 1.41 bits per heavy atom. The van der Waals surface area contributed by atoms with Crippen LogP contribution in [0.25, 0.3) is 0 Å². The minimum Gasteiger partial charge on any atom is -0.344 e. The van der Waals surface area contributed by atoms with E-state index in [1.54, 1.807) is 0 Å². The summed E-state index contributed by atoms with van der Waals surface area (Å²) in [4.78, 5) is 9.26. The lowest BCUT2D eigenvalue weighted by Gasteiger charge is -2.12. The van der Waals surface area contributed by atoms with Crippen LogP contribution in [0.3, 0.4) is 0 Å². The van der Waals surface area contributed by atoms with Gasteiger partial charge in [0, 0.05) is 36.4 Å². The van der Waals surface area contributed by atoms with Crippen LogP contribution >= 0.6 is 37.7 Å². The average Bonchev–Trinajstić information content (AvgIpc) is 3.41. The maximum Gasteiger partial charge on any atom is 0.201 e. The molecule has 3 aliphatic carbocycles. The fourth-order valence-corrected chi connectivity index (χ4v) is 13.1. The van der Waals surface area contributed by atoms with Gasteiger partial charge in [0.2, 0.25) is 7.37 Å². The summed E-state index contributed by atoms with van der Waals surface area (Å²) in [7, 11) is -4.24. The predicted octanol–water partition coefficient (Wildman–Crippen LogP) is 6.98. The fraction of sp³-hybridized carbons (Fsp3) is 1.00. The van der Waals surface area contributed by atoms with Crippen LogP contribution in [0.4, 0.5) is 0 Å². The molecule has 6 atom stereocenters. The Labute approximate surface area is 187 Å². The molecule has 2 saturated heterocycles. The van der Waals surface area contributed by atoms with Crippen molar-refractivity contribution in [2.45, 2.75) is 57.8 Å². The first-order chi connectivity index (χ1) is 13.7. The Morgan fingerprint density at radius 2 is 1.03 bits per heavy atom. The van der Waals surface area contributed by atoms with Gasteiger partial charge >= 0.3 is 0 Å². The highest BCUT2D eigenvalue weighted by Gasteiger charge is 2.43. The van der Waals surface area contributed by atoms with Crippen LogP contribution in [0.2, 0.25) is 0 Å². The van der Waals surface area contributed by atoms with Crippen LogP contribution in [-0.2, 0) is 9.13 Å². The molecule has 0 aromatic rings. The van der Waals surface area contributed by atoms with Crippen molar-refractivity contribution in [1.29, 1.82) is 0 Å². The van der Waals surface area contributed by atoms with Gasteiger partial charge in [-0.2, -0.15) is 0 Å². The molecule has 1 N–H and O–H groups in total. The first-order valence-electron chi connectivity index (χ1n) is 11.7. The molecule has 5 fully saturated rings. The molecule has 0 aromatic carbocycles. The largest absolute Gasteiger partial charge is 0.344 e. The first kappa shape index (κ1) is 24.6. The zero-order chi connectivity index (χ0) is 21.1. The third kappa shape index (κ3) is 6.99. The van der Waals surface area contributed by atoms with E-state index in [1.165, 1.54) is 57.8 Å². The number of halogens is 2. The monoisotopic (exact) mass is 484 g/mol. The summed E-state index contributed by atoms with van der Waals surface area (Å²) in [5.41, 5.74) is 0. The van der Waals surface area contributed by atoms with Crippen molar-refractivity contribution in [2.75, 3.05) is 43.1 Å². The van der Waals surface area contributed by atoms with Crippen LogP contribution in [-0.4, -0.2) is 48.0 Å². The van der Waals surface area contributed by atoms with Gasteiger partial charge in [-0.05, 0) is 80.7 Å². The minimum absolute atomic E-state index is 0.607. The summed E-state index contributed by atoms with van der Waals surface area (Å²) in [6.07, 6.45) is 15.1. The Bertz CT molecular complexity index is 545. The van der Waals surface area contributed by atoms with Gasteiger partial charge in [-0.15, -0.1) is 23.2 Å². The molecule has 0 aromatic heterocycles. The molecule has 0 bridgehead atoms. The van der Waals surface area contributed by atoms with Gasteiger partial charge < -0.3 is 9.46 Å². The van der Waals surface area contributed by atoms with E-state index in [4.69, 9.17) is 23.2 Å². The normalized spacial score (nSPS) is 47.7. The van der Waals surface area contributed by atoms with Crippen molar-refractivity contribution in [3.8, 4) is 0 Å². The maximum absolute atomic E-state index is 11.6. The molecular formula is C22H40Cl2O3P2. The van der Waals surface area contributed by atoms with Gasteiger partial charge in [0.05, 0.1) is 7.14 Å². The topological polar surface area (TPSA) is 54.4 Å². The second kappa shape index (κ2) is 10.7. The average molecular weight is 485 g/mol. The van der Waals surface area contributed by atoms with Crippen molar-refractivity contribution >= 4 is 37.7 Å². The van der Waals surface area contributed by atoms with Crippen molar-refractivity contribution in [1.82, 2.24) is 0 Å². The SMILES string of the molecule is CP1(=O)CC2CCCC2C1.ClCC1CCCC1CCl.O=P1(O)CC2CCCC2C1. The van der Waals surface area contributed by atoms with Gasteiger partial charge in [0.25, 0.3) is 0 Å². The predicted molar refractivity (Wildman–Crippen MR) is 127 cm³/mol. The molecule has 0 amide bonds. The molecular weight excluding hydrogens is 445 g/mol. The van der Waals surface area contributed by atoms with Crippen LogP contribution in [0.5, 0.6) is 0 Å². The maximum atomic E-state index is 11.6. The lowest BCUT2D eigenvalue weighted by atomic mass is 10.0. The van der Waals surface area contributed by atoms with E-state index in [1.807, 2.05) is 6.66 Å². The van der Waals surface area contributed by atoms with Crippen molar-refractivity contribution < 1.29 is 14.0 Å². The van der Waals surface area contributed by atoms with Crippen LogP contribution in [0.15, 0.2) is 0 Å². The molecule has 5 aliphatic rings. The molecule has 7 heteroatoms. The number of alkyl halides is 2. The van der Waals surface area contributed by atoms with E-state index in [0.29, 0.717) is 36.0 Å². The van der Waals surface area contributed by atoms with E-state index in [-0.39, 0.29) is 0 Å². The second-order valence-electron chi connectivity index (χ2n) is 10.5. The van der Waals surface area contributed by atoms with Gasteiger partial charge in [-0.25, -0.2) is 0 Å². The van der Waals surface area contributed by atoms with Gasteiger partial charge in [0.1, 0.15) is 0 Å². The van der Waals surface area contributed by atoms with Crippen molar-refractivity contribution in [3.63, 3.8) is 0 Å². The van der Waals surface area contributed by atoms with E-state index in [2.05, 4.69) is 0 Å². The summed E-state index contributed by atoms with van der Waals surface area (Å²) < 4.78 is 22.8. The third-order valence-electron chi connectivity index (χ3n) is 8.13. The number of hydrogen-bond donors (Lipinski definition) is 1. The molecule has 2 heterocycles. The summed E-state index contributed by atoms with van der Waals surface area (Å²) in [5.74, 6) is 5.96. The lowest BCUT2D eigenvalue weighted by molar-refractivity contribution is 0.467. The van der Waals surface area contributed by atoms with Crippen molar-refractivity contribution in [2.24, 2.45) is 35.5 Å². The molecule has 170 valence electrons. The summed E-state index contributed by atoms with van der Waals surface area (Å²) in [6.45, 7) is 1.99. The molecule has 0 spiro atoms. The van der Waals surface area contributed by atoms with E-state index < -0.39 is 14.5 Å². The smallest absolute Gasteiger partial charge is 0.201 e. The number of fused-ring (bicyclic) bond motifs is 2. The standard InChI is InChI=1S/C8H15OP.C7H12Cl2.C7H13O2P/c1-10(9)5-7-3-2-4-8(7)6-10;8-4-6-2-1-3-7(6)5-9;8-10(9)4-6-2-1-3-7(6)5-10/h7-8H,2-6H2,1H3;6-7H,1-5H2;6-7H,1-5H2,(H,8,9). The molecule has 3 nitrogen and oxygen atoms in total. The Hall–Kier alpha value is 1.00. The third-order valence-corrected chi connectivity index (χ3v) is 13.5.